The molecule has 0 bridgehead atoms. The first-order valence-corrected chi connectivity index (χ1v) is 13.5. The van der Waals surface area contributed by atoms with Crippen molar-refractivity contribution in [3.8, 4) is 0 Å². The summed E-state index contributed by atoms with van der Waals surface area (Å²) in [5.74, 6) is 1.48. The number of carbonyl (C=O) groups is 1. The Hall–Kier alpha value is -3.56. The van der Waals surface area contributed by atoms with Gasteiger partial charge in [0.2, 0.25) is 11.9 Å². The fraction of sp³-hybridized carbons (Fsp3) is 0.448. The van der Waals surface area contributed by atoms with Crippen molar-refractivity contribution in [1.82, 2.24) is 24.5 Å². The first kappa shape index (κ1) is 26.1. The lowest BCUT2D eigenvalue weighted by atomic mass is 10.1. The highest BCUT2D eigenvalue weighted by molar-refractivity contribution is 5.92. The maximum absolute atomic E-state index is 12.2. The molecule has 4 heterocycles. The molecule has 1 saturated carbocycles. The van der Waals surface area contributed by atoms with Crippen LogP contribution in [0.25, 0.3) is 11.2 Å². The number of amides is 1. The summed E-state index contributed by atoms with van der Waals surface area (Å²) in [6.07, 6.45) is 10.8. The zero-order valence-corrected chi connectivity index (χ0v) is 22.5. The van der Waals surface area contributed by atoms with E-state index in [-0.39, 0.29) is 17.9 Å². The monoisotopic (exact) mass is 515 g/mol. The Bertz CT molecular complexity index is 1300. The number of ether oxygens (including phenoxy) is 1. The number of pyridine rings is 2. The Morgan fingerprint density at radius 3 is 2.71 bits per heavy atom. The third kappa shape index (κ3) is 6.46. The molecule has 2 aliphatic rings. The van der Waals surface area contributed by atoms with Crippen molar-refractivity contribution in [2.75, 3.05) is 43.4 Å². The second kappa shape index (κ2) is 11.9. The van der Waals surface area contributed by atoms with Crippen molar-refractivity contribution in [2.24, 2.45) is 5.92 Å². The molecule has 1 N–H and O–H groups in total. The molecule has 2 fully saturated rings. The van der Waals surface area contributed by atoms with Crippen LogP contribution in [0.5, 0.6) is 0 Å². The van der Waals surface area contributed by atoms with Gasteiger partial charge < -0.3 is 14.5 Å². The molecule has 9 nitrogen and oxygen atoms in total. The van der Waals surface area contributed by atoms with Gasteiger partial charge in [0.25, 0.3) is 0 Å². The van der Waals surface area contributed by atoms with E-state index in [1.54, 1.807) is 4.52 Å². The van der Waals surface area contributed by atoms with Crippen LogP contribution >= 0.6 is 0 Å². The van der Waals surface area contributed by atoms with E-state index >= 15 is 0 Å². The molecule has 0 aromatic carbocycles. The Balaban J connectivity index is 1.20. The van der Waals surface area contributed by atoms with Crippen LogP contribution in [0.1, 0.15) is 44.4 Å². The van der Waals surface area contributed by atoms with Gasteiger partial charge in [-0.3, -0.25) is 10.1 Å². The van der Waals surface area contributed by atoms with Crippen molar-refractivity contribution in [3.63, 3.8) is 0 Å². The van der Waals surface area contributed by atoms with Crippen LogP contribution < -0.4 is 10.2 Å². The van der Waals surface area contributed by atoms with Gasteiger partial charge in [-0.25, -0.2) is 9.50 Å². The molecular weight excluding hydrogens is 478 g/mol. The molecule has 0 radical (unpaired) electrons. The van der Waals surface area contributed by atoms with Crippen LogP contribution in [-0.2, 0) is 16.1 Å². The summed E-state index contributed by atoms with van der Waals surface area (Å²) in [6.45, 7) is 8.75. The molecule has 1 atom stereocenters. The van der Waals surface area contributed by atoms with Crippen LogP contribution in [0.4, 0.5) is 11.8 Å². The predicted octanol–water partition coefficient (Wildman–Crippen LogP) is 4.18. The lowest BCUT2D eigenvalue weighted by molar-refractivity contribution is -0.117. The highest BCUT2D eigenvalue weighted by Crippen LogP contribution is 2.30. The maximum Gasteiger partial charge on any atom is 0.249 e. The van der Waals surface area contributed by atoms with E-state index in [0.717, 1.165) is 68.1 Å². The van der Waals surface area contributed by atoms with E-state index < -0.39 is 0 Å². The molecule has 0 spiro atoms. The highest BCUT2D eigenvalue weighted by Gasteiger charge is 2.30. The maximum atomic E-state index is 12.2. The van der Waals surface area contributed by atoms with Crippen LogP contribution in [0.2, 0.25) is 0 Å². The van der Waals surface area contributed by atoms with Crippen molar-refractivity contribution < 1.29 is 9.53 Å². The number of fused-ring (bicyclic) bond motifs is 1. The molecule has 1 saturated heterocycles. The normalized spacial score (nSPS) is 17.9. The largest absolute Gasteiger partial charge is 0.373 e. The van der Waals surface area contributed by atoms with Gasteiger partial charge in [0.15, 0.2) is 5.65 Å². The molecule has 3 aromatic rings. The number of aromatic nitrogens is 4. The molecule has 200 valence electrons. The van der Waals surface area contributed by atoms with Crippen molar-refractivity contribution in [2.45, 2.75) is 45.8 Å². The molecule has 5 rings (SSSR count). The Labute approximate surface area is 224 Å². The minimum absolute atomic E-state index is 0.00168. The molecular formula is C29H37N7O2. The van der Waals surface area contributed by atoms with Crippen LogP contribution in [-0.4, -0.2) is 69.7 Å². The van der Waals surface area contributed by atoms with E-state index in [9.17, 15) is 4.79 Å². The van der Waals surface area contributed by atoms with Gasteiger partial charge in [0.05, 0.1) is 18.4 Å². The number of anilines is 2. The summed E-state index contributed by atoms with van der Waals surface area (Å²) in [5.41, 5.74) is 3.70. The molecule has 9 heteroatoms. The molecule has 3 aromatic heterocycles. The number of allylic oxidation sites excluding steroid dienone is 3. The molecule has 1 amide bonds. The summed E-state index contributed by atoms with van der Waals surface area (Å²) in [5, 5.41) is 7.42. The summed E-state index contributed by atoms with van der Waals surface area (Å²) < 4.78 is 7.93. The SMILES string of the molecule is C/C=C\C(=C/C[C@H](C)OCc1ccc(N2CCN(C)CC2)nc1)c1cccc2nc(NC(=O)C3CC3)nn12. The topological polar surface area (TPSA) is 87.9 Å². The van der Waals surface area contributed by atoms with Gasteiger partial charge in [-0.1, -0.05) is 30.4 Å². The third-order valence-corrected chi connectivity index (χ3v) is 7.03. The Morgan fingerprint density at radius 2 is 2.00 bits per heavy atom. The van der Waals surface area contributed by atoms with E-state index in [2.05, 4.69) is 68.4 Å². The van der Waals surface area contributed by atoms with Crippen molar-refractivity contribution in [3.05, 3.63) is 66.0 Å². The number of rotatable bonds is 10. The minimum atomic E-state index is 0.00168. The smallest absolute Gasteiger partial charge is 0.249 e. The second-order valence-corrected chi connectivity index (χ2v) is 10.2. The average molecular weight is 516 g/mol. The van der Waals surface area contributed by atoms with E-state index in [1.165, 1.54) is 0 Å². The predicted molar refractivity (Wildman–Crippen MR) is 150 cm³/mol. The zero-order chi connectivity index (χ0) is 26.5. The summed E-state index contributed by atoms with van der Waals surface area (Å²) in [6, 6.07) is 10.1. The van der Waals surface area contributed by atoms with E-state index in [4.69, 9.17) is 4.74 Å². The van der Waals surface area contributed by atoms with Gasteiger partial charge in [-0.15, -0.1) is 5.10 Å². The van der Waals surface area contributed by atoms with Crippen LogP contribution in [0.3, 0.4) is 0 Å². The molecule has 0 unspecified atom stereocenters. The number of piperazine rings is 1. The molecule has 1 aliphatic carbocycles. The number of hydrogen-bond donors (Lipinski definition) is 1. The average Bonchev–Trinajstić information content (AvgIpc) is 3.70. The zero-order valence-electron chi connectivity index (χ0n) is 22.5. The highest BCUT2D eigenvalue weighted by atomic mass is 16.5. The molecule has 38 heavy (non-hydrogen) atoms. The first-order chi connectivity index (χ1) is 18.5. The lowest BCUT2D eigenvalue weighted by Gasteiger charge is -2.33. The van der Waals surface area contributed by atoms with E-state index in [0.29, 0.717) is 18.2 Å². The second-order valence-electron chi connectivity index (χ2n) is 10.2. The van der Waals surface area contributed by atoms with Gasteiger partial charge in [-0.05, 0) is 69.5 Å². The molecule has 1 aliphatic heterocycles. The number of nitrogens with zero attached hydrogens (tertiary/aromatic N) is 6. The van der Waals surface area contributed by atoms with Crippen molar-refractivity contribution in [1.29, 1.82) is 0 Å². The number of carbonyl (C=O) groups excluding carboxylic acids is 1. The Kier molecular flexibility index (Phi) is 8.14. The van der Waals surface area contributed by atoms with Crippen LogP contribution in [0, 0.1) is 5.92 Å². The Morgan fingerprint density at radius 1 is 1.18 bits per heavy atom. The van der Waals surface area contributed by atoms with E-state index in [1.807, 2.05) is 37.4 Å². The summed E-state index contributed by atoms with van der Waals surface area (Å²) in [7, 11) is 2.16. The van der Waals surface area contributed by atoms with Gasteiger partial charge in [-0.2, -0.15) is 4.98 Å². The van der Waals surface area contributed by atoms with Gasteiger partial charge in [0, 0.05) is 38.3 Å². The van der Waals surface area contributed by atoms with Gasteiger partial charge >= 0.3 is 0 Å². The lowest BCUT2D eigenvalue weighted by Crippen LogP contribution is -2.44. The summed E-state index contributed by atoms with van der Waals surface area (Å²) in [4.78, 5) is 26.0. The fourth-order valence-corrected chi connectivity index (χ4v) is 4.50. The number of hydrogen-bond acceptors (Lipinski definition) is 7. The fourth-order valence-electron chi connectivity index (χ4n) is 4.50. The van der Waals surface area contributed by atoms with Gasteiger partial charge in [0.1, 0.15) is 5.82 Å². The summed E-state index contributed by atoms with van der Waals surface area (Å²) >= 11 is 0. The quantitative estimate of drug-likeness (QED) is 0.405. The van der Waals surface area contributed by atoms with Crippen LogP contribution in [0.15, 0.2) is 54.8 Å². The number of likely N-dealkylation sites (N-methyl/N-ethyl adjacent to an activating group) is 1. The third-order valence-electron chi connectivity index (χ3n) is 7.03. The standard InChI is InChI=1S/C29H37N7O2/c1-4-6-23(25-7-5-8-27-31-29(33-36(25)27)32-28(37)24-12-13-24)11-9-21(2)38-20-22-10-14-26(30-19-22)35-17-15-34(3)16-18-35/h4-8,10-11,14,19,21,24H,9,12-13,15-18,20H2,1-3H3,(H,32,33,37)/b6-4-,23-11+/t21-/m0/s1. The first-order valence-electron chi connectivity index (χ1n) is 13.5. The van der Waals surface area contributed by atoms with Crippen molar-refractivity contribution >= 4 is 28.9 Å². The minimum Gasteiger partial charge on any atom is -0.373 e. The number of nitrogens with one attached hydrogen (secondary N) is 1.